The molecule has 0 spiro atoms. The van der Waals surface area contributed by atoms with Crippen LogP contribution in [0.25, 0.3) is 5.69 Å². The summed E-state index contributed by atoms with van der Waals surface area (Å²) in [4.78, 5) is 24.2. The number of phenols is 1. The van der Waals surface area contributed by atoms with E-state index in [9.17, 15) is 19.8 Å². The molecular weight excluding hydrogens is 396 g/mol. The summed E-state index contributed by atoms with van der Waals surface area (Å²) in [5.74, 6) is -1.67. The van der Waals surface area contributed by atoms with Crippen LogP contribution in [0.3, 0.4) is 0 Å². The molecule has 1 aliphatic rings. The molecule has 8 heteroatoms. The molecule has 2 aromatic carbocycles. The second-order valence-corrected chi connectivity index (χ2v) is 7.13. The van der Waals surface area contributed by atoms with E-state index < -0.39 is 11.9 Å². The standard InChI is InChI=1S/C21H17ClN2O5/c1-29-17-6-5-11(7-16(17)25)14-9-18(26)23-19-15(21(27)28)10-24(20(14)19)13-4-2-3-12(22)8-13/h2-8,10,14,25H,9H2,1H3,(H,23,26)(H,27,28). The van der Waals surface area contributed by atoms with Crippen LogP contribution in [0, 0.1) is 0 Å². The molecule has 1 atom stereocenters. The quantitative estimate of drug-likeness (QED) is 0.601. The fraction of sp³-hybridized carbons (Fsp3) is 0.143. The molecular formula is C21H17ClN2O5. The second-order valence-electron chi connectivity index (χ2n) is 6.69. The van der Waals surface area contributed by atoms with Crippen molar-refractivity contribution < 1.29 is 24.5 Å². The average Bonchev–Trinajstić information content (AvgIpc) is 3.07. The normalized spacial score (nSPS) is 15.5. The van der Waals surface area contributed by atoms with Crippen LogP contribution < -0.4 is 10.1 Å². The van der Waals surface area contributed by atoms with Crippen LogP contribution in [0.4, 0.5) is 5.69 Å². The molecule has 148 valence electrons. The number of rotatable bonds is 4. The van der Waals surface area contributed by atoms with Crippen LogP contribution in [-0.2, 0) is 4.79 Å². The molecule has 3 N–H and O–H groups in total. The molecule has 1 amide bonds. The van der Waals surface area contributed by atoms with E-state index in [1.807, 2.05) is 0 Å². The number of carboxylic acids is 1. The van der Waals surface area contributed by atoms with Crippen LogP contribution in [-0.4, -0.2) is 33.8 Å². The van der Waals surface area contributed by atoms with Gasteiger partial charge in [-0.1, -0.05) is 23.7 Å². The van der Waals surface area contributed by atoms with Crippen molar-refractivity contribution in [2.75, 3.05) is 12.4 Å². The number of hydrogen-bond acceptors (Lipinski definition) is 4. The first-order valence-electron chi connectivity index (χ1n) is 8.80. The van der Waals surface area contributed by atoms with Crippen LogP contribution in [0.2, 0.25) is 5.02 Å². The van der Waals surface area contributed by atoms with Crippen molar-refractivity contribution in [3.8, 4) is 17.2 Å². The maximum Gasteiger partial charge on any atom is 0.339 e. The number of hydrogen-bond donors (Lipinski definition) is 3. The molecule has 29 heavy (non-hydrogen) atoms. The van der Waals surface area contributed by atoms with Gasteiger partial charge in [-0.2, -0.15) is 0 Å². The highest BCUT2D eigenvalue weighted by atomic mass is 35.5. The number of halogens is 1. The maximum atomic E-state index is 12.4. The molecule has 3 aromatic rings. The number of aromatic hydroxyl groups is 1. The topological polar surface area (TPSA) is 101 Å². The summed E-state index contributed by atoms with van der Waals surface area (Å²) >= 11 is 6.13. The van der Waals surface area contributed by atoms with E-state index in [-0.39, 0.29) is 29.3 Å². The van der Waals surface area contributed by atoms with Gasteiger partial charge in [-0.15, -0.1) is 0 Å². The number of aromatic nitrogens is 1. The number of carbonyl (C=O) groups excluding carboxylic acids is 1. The maximum absolute atomic E-state index is 12.4. The van der Waals surface area contributed by atoms with Gasteiger partial charge in [-0.05, 0) is 35.9 Å². The lowest BCUT2D eigenvalue weighted by Gasteiger charge is -2.26. The number of methoxy groups -OCH3 is 1. The largest absolute Gasteiger partial charge is 0.504 e. The summed E-state index contributed by atoms with van der Waals surface area (Å²) < 4.78 is 6.81. The number of nitrogens with zero attached hydrogens (tertiary/aromatic N) is 1. The molecule has 7 nitrogen and oxygen atoms in total. The summed E-state index contributed by atoms with van der Waals surface area (Å²) in [7, 11) is 1.45. The Morgan fingerprint density at radius 2 is 2.07 bits per heavy atom. The van der Waals surface area contributed by atoms with Gasteiger partial charge in [0.15, 0.2) is 11.5 Å². The Labute approximate surface area is 171 Å². The number of ether oxygens (including phenoxy) is 1. The Balaban J connectivity index is 1.95. The average molecular weight is 413 g/mol. The molecule has 2 heterocycles. The van der Waals surface area contributed by atoms with E-state index in [0.717, 1.165) is 0 Å². The molecule has 0 fully saturated rings. The van der Waals surface area contributed by atoms with Gasteiger partial charge in [-0.25, -0.2) is 4.79 Å². The predicted octanol–water partition coefficient (Wildman–Crippen LogP) is 4.02. The van der Waals surface area contributed by atoms with Gasteiger partial charge in [0.05, 0.1) is 18.5 Å². The lowest BCUT2D eigenvalue weighted by molar-refractivity contribution is -0.116. The Hall–Kier alpha value is -3.45. The minimum absolute atomic E-state index is 0.0178. The first-order chi connectivity index (χ1) is 13.9. The van der Waals surface area contributed by atoms with Crippen molar-refractivity contribution in [2.24, 2.45) is 0 Å². The highest BCUT2D eigenvalue weighted by molar-refractivity contribution is 6.30. The monoisotopic (exact) mass is 412 g/mol. The summed E-state index contributed by atoms with van der Waals surface area (Å²) in [6, 6.07) is 11.9. The highest BCUT2D eigenvalue weighted by Gasteiger charge is 2.34. The molecule has 0 saturated carbocycles. The minimum atomic E-state index is -1.15. The number of amides is 1. The lowest BCUT2D eigenvalue weighted by Crippen LogP contribution is -2.25. The van der Waals surface area contributed by atoms with Crippen molar-refractivity contribution in [2.45, 2.75) is 12.3 Å². The molecule has 0 saturated heterocycles. The van der Waals surface area contributed by atoms with Crippen LogP contribution in [0.15, 0.2) is 48.7 Å². The first-order valence-corrected chi connectivity index (χ1v) is 9.18. The Morgan fingerprint density at radius 1 is 1.28 bits per heavy atom. The van der Waals surface area contributed by atoms with Crippen molar-refractivity contribution >= 4 is 29.2 Å². The highest BCUT2D eigenvalue weighted by Crippen LogP contribution is 2.43. The summed E-state index contributed by atoms with van der Waals surface area (Å²) in [6.07, 6.45) is 1.57. The number of carbonyl (C=O) groups is 2. The fourth-order valence-electron chi connectivity index (χ4n) is 3.67. The van der Waals surface area contributed by atoms with Gasteiger partial charge < -0.3 is 24.8 Å². The summed E-state index contributed by atoms with van der Waals surface area (Å²) in [5.41, 5.74) is 2.16. The van der Waals surface area contributed by atoms with Crippen molar-refractivity contribution in [3.63, 3.8) is 0 Å². The van der Waals surface area contributed by atoms with E-state index in [2.05, 4.69) is 5.32 Å². The van der Waals surface area contributed by atoms with Crippen LogP contribution >= 0.6 is 11.6 Å². The Morgan fingerprint density at radius 3 is 2.72 bits per heavy atom. The van der Waals surface area contributed by atoms with Gasteiger partial charge in [0.1, 0.15) is 5.56 Å². The molecule has 0 radical (unpaired) electrons. The third-order valence-corrected chi connectivity index (χ3v) is 5.18. The summed E-state index contributed by atoms with van der Waals surface area (Å²) in [6.45, 7) is 0. The number of nitrogens with one attached hydrogen (secondary N) is 1. The zero-order valence-electron chi connectivity index (χ0n) is 15.3. The first kappa shape index (κ1) is 18.9. The molecule has 4 rings (SSSR count). The van der Waals surface area contributed by atoms with E-state index in [1.54, 1.807) is 41.0 Å². The molecule has 0 aliphatic carbocycles. The van der Waals surface area contributed by atoms with E-state index >= 15 is 0 Å². The SMILES string of the molecule is COc1ccc(C2CC(=O)Nc3c(C(=O)O)cn(-c4cccc(Cl)c4)c32)cc1O. The third-order valence-electron chi connectivity index (χ3n) is 4.95. The molecule has 0 bridgehead atoms. The smallest absolute Gasteiger partial charge is 0.339 e. The number of carboxylic acid groups (broad SMARTS) is 1. The zero-order chi connectivity index (χ0) is 20.7. The second kappa shape index (κ2) is 7.18. The third kappa shape index (κ3) is 3.30. The Bertz CT molecular complexity index is 1140. The van der Waals surface area contributed by atoms with Gasteiger partial charge >= 0.3 is 5.97 Å². The van der Waals surface area contributed by atoms with E-state index in [0.29, 0.717) is 27.7 Å². The molecule has 1 aliphatic heterocycles. The van der Waals surface area contributed by atoms with Gasteiger partial charge in [0.25, 0.3) is 0 Å². The number of anilines is 1. The van der Waals surface area contributed by atoms with E-state index in [4.69, 9.17) is 16.3 Å². The van der Waals surface area contributed by atoms with Gasteiger partial charge in [0.2, 0.25) is 5.91 Å². The lowest BCUT2D eigenvalue weighted by atomic mass is 9.88. The number of aromatic carboxylic acids is 1. The van der Waals surface area contributed by atoms with Gasteiger partial charge in [-0.3, -0.25) is 4.79 Å². The minimum Gasteiger partial charge on any atom is -0.504 e. The van der Waals surface area contributed by atoms with Crippen LogP contribution in [0.1, 0.15) is 34.0 Å². The van der Waals surface area contributed by atoms with Crippen molar-refractivity contribution in [1.29, 1.82) is 0 Å². The number of phenolic OH excluding ortho intramolecular Hbond substituents is 1. The zero-order valence-corrected chi connectivity index (χ0v) is 16.1. The fourth-order valence-corrected chi connectivity index (χ4v) is 3.85. The number of benzene rings is 2. The van der Waals surface area contributed by atoms with E-state index in [1.165, 1.54) is 19.4 Å². The Kier molecular flexibility index (Phi) is 4.68. The summed E-state index contributed by atoms with van der Waals surface area (Å²) in [5, 5.41) is 23.1. The predicted molar refractivity (Wildman–Crippen MR) is 107 cm³/mol. The molecule has 1 unspecified atom stereocenters. The van der Waals surface area contributed by atoms with Crippen molar-refractivity contribution in [3.05, 3.63) is 70.5 Å². The molecule has 1 aromatic heterocycles. The van der Waals surface area contributed by atoms with Crippen molar-refractivity contribution in [1.82, 2.24) is 4.57 Å². The number of fused-ring (bicyclic) bond motifs is 1. The van der Waals surface area contributed by atoms with Gasteiger partial charge in [0, 0.05) is 29.2 Å². The van der Waals surface area contributed by atoms with Crippen LogP contribution in [0.5, 0.6) is 11.5 Å².